The molecule has 2 aromatic heterocycles. The molecule has 0 bridgehead atoms. The Labute approximate surface area is 141 Å². The van der Waals surface area contributed by atoms with E-state index in [1.165, 1.54) is 12.5 Å². The lowest BCUT2D eigenvalue weighted by Crippen LogP contribution is -2.31. The zero-order chi connectivity index (χ0) is 16.9. The molecule has 1 saturated heterocycles. The Kier molecular flexibility index (Phi) is 4.98. The van der Waals surface area contributed by atoms with Crippen molar-refractivity contribution in [2.24, 2.45) is 0 Å². The molecular weight excluding hydrogens is 308 g/mol. The molecule has 2 aromatic rings. The minimum atomic E-state index is -0.0775. The molecule has 0 aliphatic carbocycles. The molecule has 1 aliphatic heterocycles. The van der Waals surface area contributed by atoms with Gasteiger partial charge in [-0.25, -0.2) is 9.97 Å². The second-order valence-electron chi connectivity index (χ2n) is 5.90. The molecule has 7 heteroatoms. The molecule has 1 aliphatic rings. The van der Waals surface area contributed by atoms with Crippen molar-refractivity contribution < 1.29 is 13.9 Å². The van der Waals surface area contributed by atoms with Crippen molar-refractivity contribution in [1.82, 2.24) is 14.9 Å². The number of carbonyl (C=O) groups is 1. The minimum Gasteiger partial charge on any atom is -0.472 e. The fourth-order valence-electron chi connectivity index (χ4n) is 2.84. The molecule has 1 amide bonds. The van der Waals surface area contributed by atoms with Gasteiger partial charge in [0.05, 0.1) is 18.4 Å². The van der Waals surface area contributed by atoms with E-state index in [0.717, 1.165) is 25.2 Å². The highest BCUT2D eigenvalue weighted by Gasteiger charge is 2.29. The first-order valence-corrected chi connectivity index (χ1v) is 8.19. The summed E-state index contributed by atoms with van der Waals surface area (Å²) in [7, 11) is 1.98. The second-order valence-corrected chi connectivity index (χ2v) is 5.90. The molecule has 0 spiro atoms. The van der Waals surface area contributed by atoms with Crippen LogP contribution in [-0.4, -0.2) is 53.6 Å². The summed E-state index contributed by atoms with van der Waals surface area (Å²) in [6, 6.07) is 1.68. The van der Waals surface area contributed by atoms with Gasteiger partial charge in [-0.2, -0.15) is 0 Å². The van der Waals surface area contributed by atoms with Crippen molar-refractivity contribution >= 4 is 11.7 Å². The number of anilines is 1. The zero-order valence-electron chi connectivity index (χ0n) is 14.0. The largest absolute Gasteiger partial charge is 0.472 e. The van der Waals surface area contributed by atoms with E-state index in [0.29, 0.717) is 24.5 Å². The molecule has 3 rings (SSSR count). The summed E-state index contributed by atoms with van der Waals surface area (Å²) in [6.45, 7) is 4.20. The number of rotatable bonds is 6. The van der Waals surface area contributed by atoms with E-state index in [2.05, 4.69) is 16.9 Å². The van der Waals surface area contributed by atoms with E-state index in [1.807, 2.05) is 11.9 Å². The topological polar surface area (TPSA) is 71.7 Å². The Hall–Kier alpha value is -2.57. The normalized spacial score (nSPS) is 17.1. The van der Waals surface area contributed by atoms with E-state index in [-0.39, 0.29) is 12.0 Å². The predicted octanol–water partition coefficient (Wildman–Crippen LogP) is 2.21. The highest BCUT2D eigenvalue weighted by atomic mass is 16.5. The Morgan fingerprint density at radius 3 is 3.04 bits per heavy atom. The number of likely N-dealkylation sites (tertiary alicyclic amines) is 1. The van der Waals surface area contributed by atoms with Gasteiger partial charge in [0.25, 0.3) is 11.8 Å². The van der Waals surface area contributed by atoms with Crippen LogP contribution in [0.3, 0.4) is 0 Å². The molecule has 7 nitrogen and oxygen atoms in total. The first kappa shape index (κ1) is 16.3. The maximum absolute atomic E-state index is 12.3. The average molecular weight is 330 g/mol. The van der Waals surface area contributed by atoms with Crippen molar-refractivity contribution in [2.45, 2.75) is 25.9 Å². The Morgan fingerprint density at radius 2 is 2.29 bits per heavy atom. The van der Waals surface area contributed by atoms with Gasteiger partial charge in [-0.15, -0.1) is 0 Å². The SMILES string of the molecule is CCCN(C)c1nccnc1OC1CCN(C(=O)c2ccoc2)C1. The third-order valence-electron chi connectivity index (χ3n) is 4.05. The number of carbonyl (C=O) groups excluding carboxylic acids is 1. The summed E-state index contributed by atoms with van der Waals surface area (Å²) in [6.07, 6.45) is 7.98. The molecule has 128 valence electrons. The minimum absolute atomic E-state index is 0.0303. The number of ether oxygens (including phenoxy) is 1. The lowest BCUT2D eigenvalue weighted by atomic mass is 10.3. The van der Waals surface area contributed by atoms with Gasteiger partial charge in [-0.1, -0.05) is 6.92 Å². The van der Waals surface area contributed by atoms with Crippen molar-refractivity contribution in [3.05, 3.63) is 36.5 Å². The fourth-order valence-corrected chi connectivity index (χ4v) is 2.84. The van der Waals surface area contributed by atoms with Crippen LogP contribution in [0.1, 0.15) is 30.1 Å². The monoisotopic (exact) mass is 330 g/mol. The van der Waals surface area contributed by atoms with Crippen LogP contribution in [-0.2, 0) is 0 Å². The highest BCUT2D eigenvalue weighted by molar-refractivity contribution is 5.94. The molecule has 3 heterocycles. The van der Waals surface area contributed by atoms with Gasteiger partial charge < -0.3 is 19.0 Å². The van der Waals surface area contributed by atoms with Crippen molar-refractivity contribution in [1.29, 1.82) is 0 Å². The van der Waals surface area contributed by atoms with Crippen LogP contribution in [0.5, 0.6) is 5.88 Å². The summed E-state index contributed by atoms with van der Waals surface area (Å²) in [5.74, 6) is 1.23. The zero-order valence-corrected chi connectivity index (χ0v) is 14.0. The maximum Gasteiger partial charge on any atom is 0.257 e. The quantitative estimate of drug-likeness (QED) is 0.809. The third-order valence-corrected chi connectivity index (χ3v) is 4.05. The lowest BCUT2D eigenvalue weighted by molar-refractivity contribution is 0.0770. The standard InChI is InChI=1S/C17H22N4O3/c1-3-8-20(2)15-16(19-7-6-18-15)24-14-4-9-21(11-14)17(22)13-5-10-23-12-13/h5-7,10,12,14H,3-4,8-9,11H2,1-2H3. The second kappa shape index (κ2) is 7.33. The third kappa shape index (κ3) is 3.50. The van der Waals surface area contributed by atoms with Crippen LogP contribution in [0.4, 0.5) is 5.82 Å². The number of furan rings is 1. The van der Waals surface area contributed by atoms with Crippen LogP contribution in [0.15, 0.2) is 35.4 Å². The molecule has 0 radical (unpaired) electrons. The average Bonchev–Trinajstić information content (AvgIpc) is 3.27. The number of hydrogen-bond donors (Lipinski definition) is 0. The summed E-state index contributed by atoms with van der Waals surface area (Å²) in [5.41, 5.74) is 0.568. The van der Waals surface area contributed by atoms with E-state index < -0.39 is 0 Å². The van der Waals surface area contributed by atoms with E-state index in [1.54, 1.807) is 23.4 Å². The molecule has 24 heavy (non-hydrogen) atoms. The van der Waals surface area contributed by atoms with Crippen LogP contribution in [0.25, 0.3) is 0 Å². The highest BCUT2D eigenvalue weighted by Crippen LogP contribution is 2.25. The van der Waals surface area contributed by atoms with Crippen LogP contribution < -0.4 is 9.64 Å². The summed E-state index contributed by atoms with van der Waals surface area (Å²) < 4.78 is 11.0. The van der Waals surface area contributed by atoms with Crippen LogP contribution in [0, 0.1) is 0 Å². The first-order valence-electron chi connectivity index (χ1n) is 8.19. The maximum atomic E-state index is 12.3. The first-order chi connectivity index (χ1) is 11.7. The van der Waals surface area contributed by atoms with Gasteiger partial charge in [0.1, 0.15) is 12.4 Å². The summed E-state index contributed by atoms with van der Waals surface area (Å²) in [5, 5.41) is 0. The predicted molar refractivity (Wildman–Crippen MR) is 89.2 cm³/mol. The molecule has 0 aromatic carbocycles. The van der Waals surface area contributed by atoms with E-state index >= 15 is 0 Å². The number of aromatic nitrogens is 2. The smallest absolute Gasteiger partial charge is 0.257 e. The van der Waals surface area contributed by atoms with Crippen molar-refractivity contribution in [3.63, 3.8) is 0 Å². The fraction of sp³-hybridized carbons (Fsp3) is 0.471. The van der Waals surface area contributed by atoms with E-state index in [4.69, 9.17) is 9.15 Å². The molecule has 0 saturated carbocycles. The van der Waals surface area contributed by atoms with Crippen molar-refractivity contribution in [3.8, 4) is 5.88 Å². The number of amides is 1. The summed E-state index contributed by atoms with van der Waals surface area (Å²) in [4.78, 5) is 24.9. The number of hydrogen-bond acceptors (Lipinski definition) is 6. The Balaban J connectivity index is 1.65. The van der Waals surface area contributed by atoms with Gasteiger partial charge in [0.15, 0.2) is 5.82 Å². The van der Waals surface area contributed by atoms with Gasteiger partial charge in [0, 0.05) is 39.0 Å². The Morgan fingerprint density at radius 1 is 1.46 bits per heavy atom. The molecule has 1 atom stereocenters. The van der Waals surface area contributed by atoms with Gasteiger partial charge in [-0.3, -0.25) is 4.79 Å². The van der Waals surface area contributed by atoms with Gasteiger partial charge in [-0.05, 0) is 12.5 Å². The van der Waals surface area contributed by atoms with E-state index in [9.17, 15) is 4.79 Å². The molecule has 0 N–H and O–H groups in total. The molecule has 1 fully saturated rings. The van der Waals surface area contributed by atoms with Gasteiger partial charge >= 0.3 is 0 Å². The van der Waals surface area contributed by atoms with Gasteiger partial charge in [0.2, 0.25) is 0 Å². The van der Waals surface area contributed by atoms with Crippen LogP contribution >= 0.6 is 0 Å². The Bertz CT molecular complexity index is 674. The number of nitrogens with zero attached hydrogens (tertiary/aromatic N) is 4. The van der Waals surface area contributed by atoms with Crippen LogP contribution in [0.2, 0.25) is 0 Å². The molecular formula is C17H22N4O3. The van der Waals surface area contributed by atoms with Crippen molar-refractivity contribution in [2.75, 3.05) is 31.6 Å². The molecule has 1 unspecified atom stereocenters. The summed E-state index contributed by atoms with van der Waals surface area (Å²) >= 11 is 0. The lowest BCUT2D eigenvalue weighted by Gasteiger charge is -2.21.